The molecule has 2 heterocycles. The number of likely N-dealkylation sites (tertiary alicyclic amines) is 2. The van der Waals surface area contributed by atoms with E-state index in [0.717, 1.165) is 38.9 Å². The Kier molecular flexibility index (Phi) is 5.89. The van der Waals surface area contributed by atoms with Crippen LogP contribution in [0.2, 0.25) is 0 Å². The van der Waals surface area contributed by atoms with Crippen molar-refractivity contribution in [2.24, 2.45) is 11.3 Å². The fraction of sp³-hybridized carbons (Fsp3) is 0.636. The van der Waals surface area contributed by atoms with Gasteiger partial charge in [-0.2, -0.15) is 0 Å². The van der Waals surface area contributed by atoms with Crippen molar-refractivity contribution in [2.45, 2.75) is 59.0 Å². The second kappa shape index (κ2) is 8.01. The highest BCUT2D eigenvalue weighted by Crippen LogP contribution is 2.43. The first-order chi connectivity index (χ1) is 12.8. The second-order valence-electron chi connectivity index (χ2n) is 8.90. The maximum atomic E-state index is 11.8. The van der Waals surface area contributed by atoms with Crippen molar-refractivity contribution in [1.29, 1.82) is 0 Å². The predicted molar refractivity (Wildman–Crippen MR) is 105 cm³/mol. The fourth-order valence-electron chi connectivity index (χ4n) is 4.67. The summed E-state index contributed by atoms with van der Waals surface area (Å²) in [5, 5.41) is 9.47. The van der Waals surface area contributed by atoms with Crippen molar-refractivity contribution in [3.05, 3.63) is 35.4 Å². The summed E-state index contributed by atoms with van der Waals surface area (Å²) in [6.45, 7) is 9.42. The molecule has 1 atom stereocenters. The van der Waals surface area contributed by atoms with Crippen LogP contribution >= 0.6 is 0 Å². The van der Waals surface area contributed by atoms with Gasteiger partial charge in [-0.3, -0.25) is 9.69 Å². The summed E-state index contributed by atoms with van der Waals surface area (Å²) in [6, 6.07) is 8.29. The molecule has 0 aromatic heterocycles. The first-order valence-corrected chi connectivity index (χ1v) is 10.1. The summed E-state index contributed by atoms with van der Waals surface area (Å²) >= 11 is 0. The second-order valence-corrected chi connectivity index (χ2v) is 8.90. The zero-order chi connectivity index (χ0) is 19.6. The molecule has 1 N–H and O–H groups in total. The number of aliphatic carboxylic acids is 1. The highest BCUT2D eigenvalue weighted by molar-refractivity contribution is 5.83. The van der Waals surface area contributed by atoms with E-state index in [1.807, 2.05) is 0 Å². The fourth-order valence-corrected chi connectivity index (χ4v) is 4.67. The van der Waals surface area contributed by atoms with E-state index >= 15 is 0 Å². The molecule has 0 radical (unpaired) electrons. The van der Waals surface area contributed by atoms with Gasteiger partial charge in [0, 0.05) is 20.0 Å². The zero-order valence-corrected chi connectivity index (χ0v) is 16.8. The Morgan fingerprint density at radius 2 is 1.74 bits per heavy atom. The van der Waals surface area contributed by atoms with Crippen molar-refractivity contribution in [2.75, 3.05) is 19.6 Å². The minimum atomic E-state index is -0.869. The van der Waals surface area contributed by atoms with Crippen LogP contribution in [0.4, 0.5) is 0 Å². The van der Waals surface area contributed by atoms with E-state index in [9.17, 15) is 14.7 Å². The number of amides is 1. The number of carbonyl (C=O) groups is 2. The lowest BCUT2D eigenvalue weighted by Gasteiger charge is -2.39. The molecule has 3 rings (SSSR count). The van der Waals surface area contributed by atoms with Gasteiger partial charge in [0.25, 0.3) is 0 Å². The molecule has 148 valence electrons. The molecule has 1 amide bonds. The quantitative estimate of drug-likeness (QED) is 0.862. The normalized spacial score (nSPS) is 22.5. The summed E-state index contributed by atoms with van der Waals surface area (Å²) < 4.78 is 0. The highest BCUT2D eigenvalue weighted by Gasteiger charge is 2.48. The third-order valence-electron chi connectivity index (χ3n) is 6.19. The van der Waals surface area contributed by atoms with Gasteiger partial charge in [0.05, 0.1) is 0 Å². The Bertz CT molecular complexity index is 651. The van der Waals surface area contributed by atoms with Crippen molar-refractivity contribution >= 4 is 11.9 Å². The molecule has 1 aromatic rings. The predicted octanol–water partition coefficient (Wildman–Crippen LogP) is 3.17. The van der Waals surface area contributed by atoms with Gasteiger partial charge in [-0.1, -0.05) is 38.1 Å². The lowest BCUT2D eigenvalue weighted by molar-refractivity contribution is -0.147. The Hall–Kier alpha value is -1.88. The minimum absolute atomic E-state index is 0.0215. The van der Waals surface area contributed by atoms with Gasteiger partial charge in [0.2, 0.25) is 5.91 Å². The standard InChI is InChI=1S/C22H32N2O3/c1-16(2)12-18-4-6-19(7-5-18)14-23-10-8-22(9-11-23)13-20(21(26)27)24(15-22)17(3)25/h4-7,16,20H,8-15H2,1-3H3,(H,26,27)/t20-/m1/s1. The third-order valence-corrected chi connectivity index (χ3v) is 6.19. The highest BCUT2D eigenvalue weighted by atomic mass is 16.4. The lowest BCUT2D eigenvalue weighted by atomic mass is 9.76. The number of hydrogen-bond acceptors (Lipinski definition) is 3. The third kappa shape index (κ3) is 4.70. The van der Waals surface area contributed by atoms with Gasteiger partial charge >= 0.3 is 5.97 Å². The number of nitrogens with zero attached hydrogens (tertiary/aromatic N) is 2. The van der Waals surface area contributed by atoms with Crippen LogP contribution in [-0.2, 0) is 22.6 Å². The first-order valence-electron chi connectivity index (χ1n) is 10.1. The Morgan fingerprint density at radius 1 is 1.15 bits per heavy atom. The molecule has 1 spiro atoms. The van der Waals surface area contributed by atoms with E-state index in [1.165, 1.54) is 18.1 Å². The number of carboxylic acid groups (broad SMARTS) is 1. The van der Waals surface area contributed by atoms with E-state index in [0.29, 0.717) is 18.9 Å². The molecule has 5 nitrogen and oxygen atoms in total. The summed E-state index contributed by atoms with van der Waals surface area (Å²) in [7, 11) is 0. The molecular formula is C22H32N2O3. The van der Waals surface area contributed by atoms with Crippen LogP contribution in [0.5, 0.6) is 0 Å². The molecule has 0 saturated carbocycles. The number of benzene rings is 1. The largest absolute Gasteiger partial charge is 0.480 e. The SMILES string of the molecule is CC(=O)N1CC2(CCN(Cc3ccc(CC(C)C)cc3)CC2)C[C@@H]1C(=O)O. The van der Waals surface area contributed by atoms with Crippen LogP contribution < -0.4 is 0 Å². The Labute approximate surface area is 162 Å². The average molecular weight is 373 g/mol. The maximum Gasteiger partial charge on any atom is 0.326 e. The summed E-state index contributed by atoms with van der Waals surface area (Å²) in [5.41, 5.74) is 2.70. The van der Waals surface area contributed by atoms with Gasteiger partial charge in [0.15, 0.2) is 0 Å². The number of rotatable bonds is 5. The molecular weight excluding hydrogens is 340 g/mol. The lowest BCUT2D eigenvalue weighted by Crippen LogP contribution is -2.42. The van der Waals surface area contributed by atoms with Crippen LogP contribution in [0, 0.1) is 11.3 Å². The van der Waals surface area contributed by atoms with Gasteiger partial charge in [-0.05, 0) is 61.2 Å². The van der Waals surface area contributed by atoms with Crippen LogP contribution in [0.15, 0.2) is 24.3 Å². The van der Waals surface area contributed by atoms with Gasteiger partial charge < -0.3 is 10.0 Å². The van der Waals surface area contributed by atoms with Crippen LogP contribution in [0.25, 0.3) is 0 Å². The smallest absolute Gasteiger partial charge is 0.326 e. The Morgan fingerprint density at radius 3 is 2.22 bits per heavy atom. The van der Waals surface area contributed by atoms with Gasteiger partial charge in [-0.25, -0.2) is 4.79 Å². The monoisotopic (exact) mass is 372 g/mol. The maximum absolute atomic E-state index is 11.8. The topological polar surface area (TPSA) is 60.9 Å². The molecule has 0 unspecified atom stereocenters. The van der Waals surface area contributed by atoms with Crippen molar-refractivity contribution in [1.82, 2.24) is 9.80 Å². The summed E-state index contributed by atoms with van der Waals surface area (Å²) in [6.07, 6.45) is 3.64. The molecule has 27 heavy (non-hydrogen) atoms. The van der Waals surface area contributed by atoms with Gasteiger partial charge in [-0.15, -0.1) is 0 Å². The number of carbonyl (C=O) groups excluding carboxylic acids is 1. The molecule has 2 saturated heterocycles. The van der Waals surface area contributed by atoms with Crippen molar-refractivity contribution < 1.29 is 14.7 Å². The number of carboxylic acids is 1. The molecule has 0 bridgehead atoms. The van der Waals surface area contributed by atoms with E-state index in [4.69, 9.17) is 0 Å². The minimum Gasteiger partial charge on any atom is -0.480 e. The molecule has 2 aliphatic heterocycles. The average Bonchev–Trinajstić information content (AvgIpc) is 2.99. The van der Waals surface area contributed by atoms with Crippen molar-refractivity contribution in [3.8, 4) is 0 Å². The van der Waals surface area contributed by atoms with E-state index in [1.54, 1.807) is 4.90 Å². The molecule has 0 aliphatic carbocycles. The number of hydrogen-bond donors (Lipinski definition) is 1. The summed E-state index contributed by atoms with van der Waals surface area (Å²) in [5.74, 6) is -0.320. The molecule has 5 heteroatoms. The molecule has 2 aliphatic rings. The van der Waals surface area contributed by atoms with Crippen LogP contribution in [0.1, 0.15) is 51.2 Å². The molecule has 1 aromatic carbocycles. The van der Waals surface area contributed by atoms with Gasteiger partial charge in [0.1, 0.15) is 6.04 Å². The first kappa shape index (κ1) is 19.9. The Balaban J connectivity index is 1.56. The summed E-state index contributed by atoms with van der Waals surface area (Å²) in [4.78, 5) is 27.4. The number of piperidine rings is 1. The van der Waals surface area contributed by atoms with E-state index in [2.05, 4.69) is 43.0 Å². The van der Waals surface area contributed by atoms with Crippen molar-refractivity contribution in [3.63, 3.8) is 0 Å². The molecule has 2 fully saturated rings. The zero-order valence-electron chi connectivity index (χ0n) is 16.8. The van der Waals surface area contributed by atoms with Crippen LogP contribution in [0.3, 0.4) is 0 Å². The van der Waals surface area contributed by atoms with E-state index in [-0.39, 0.29) is 11.3 Å². The van der Waals surface area contributed by atoms with E-state index < -0.39 is 12.0 Å². The van der Waals surface area contributed by atoms with Crippen LogP contribution in [-0.4, -0.2) is 52.5 Å².